The van der Waals surface area contributed by atoms with Crippen molar-refractivity contribution in [1.29, 1.82) is 0 Å². The monoisotopic (exact) mass is 535 g/mol. The van der Waals surface area contributed by atoms with Gasteiger partial charge in [-0.2, -0.15) is 0 Å². The molecule has 1 aliphatic rings. The summed E-state index contributed by atoms with van der Waals surface area (Å²) in [5, 5.41) is 0.825. The maximum Gasteiger partial charge on any atom is 0.412 e. The quantitative estimate of drug-likeness (QED) is 0.439. The minimum Gasteiger partial charge on any atom is -0.464 e. The second kappa shape index (κ2) is 10.4. The molecule has 1 aliphatic heterocycles. The fraction of sp³-hybridized carbons (Fsp3) is 0.467. The second-order valence-corrected chi connectivity index (χ2v) is 12.0. The predicted molar refractivity (Wildman–Crippen MR) is 147 cm³/mol. The van der Waals surface area contributed by atoms with Crippen molar-refractivity contribution in [3.05, 3.63) is 54.4 Å². The third-order valence-corrected chi connectivity index (χ3v) is 6.53. The van der Waals surface area contributed by atoms with Crippen LogP contribution in [0.2, 0.25) is 0 Å². The normalized spacial score (nSPS) is 20.1. The third kappa shape index (κ3) is 6.14. The highest BCUT2D eigenvalue weighted by atomic mass is 16.6. The van der Waals surface area contributed by atoms with Gasteiger partial charge in [-0.05, 0) is 84.7 Å². The number of nitrogens with zero attached hydrogens (tertiary/aromatic N) is 2. The largest absolute Gasteiger partial charge is 0.464 e. The van der Waals surface area contributed by atoms with Gasteiger partial charge in [-0.25, -0.2) is 9.59 Å². The molecule has 9 nitrogen and oxygen atoms in total. The van der Waals surface area contributed by atoms with Crippen LogP contribution in [0.25, 0.3) is 22.2 Å². The zero-order valence-electron chi connectivity index (χ0n) is 23.4. The van der Waals surface area contributed by atoms with Crippen LogP contribution in [0.15, 0.2) is 53.3 Å². The van der Waals surface area contributed by atoms with E-state index in [2.05, 4.69) is 4.98 Å². The number of fused-ring (bicyclic) bond motifs is 1. The van der Waals surface area contributed by atoms with Crippen LogP contribution in [0, 0.1) is 5.92 Å². The molecule has 39 heavy (non-hydrogen) atoms. The van der Waals surface area contributed by atoms with Gasteiger partial charge in [0, 0.05) is 35.7 Å². The summed E-state index contributed by atoms with van der Waals surface area (Å²) in [5.41, 5.74) is 5.84. The van der Waals surface area contributed by atoms with Crippen LogP contribution in [-0.2, 0) is 25.5 Å². The van der Waals surface area contributed by atoms with Crippen molar-refractivity contribution in [2.24, 2.45) is 11.7 Å². The molecule has 0 saturated carbocycles. The second-order valence-electron chi connectivity index (χ2n) is 12.0. The molecule has 1 aromatic carbocycles. The van der Waals surface area contributed by atoms with Crippen molar-refractivity contribution < 1.29 is 28.3 Å². The lowest BCUT2D eigenvalue weighted by atomic mass is 9.78. The Morgan fingerprint density at radius 3 is 2.44 bits per heavy atom. The van der Waals surface area contributed by atoms with E-state index in [4.69, 9.17) is 19.6 Å². The molecule has 9 heteroatoms. The van der Waals surface area contributed by atoms with Gasteiger partial charge < -0.3 is 13.9 Å². The van der Waals surface area contributed by atoms with Crippen LogP contribution in [0.1, 0.15) is 59.9 Å². The molecule has 1 fully saturated rings. The number of rotatable bonds is 5. The van der Waals surface area contributed by atoms with Crippen LogP contribution < -0.4 is 5.73 Å². The zero-order chi connectivity index (χ0) is 28.6. The molecule has 3 aromatic rings. The number of carbonyl (C=O) groups excluding carboxylic acids is 3. The number of aromatic nitrogens is 1. The van der Waals surface area contributed by atoms with Crippen molar-refractivity contribution in [3.63, 3.8) is 0 Å². The van der Waals surface area contributed by atoms with Crippen LogP contribution in [0.4, 0.5) is 4.79 Å². The summed E-state index contributed by atoms with van der Waals surface area (Å²) in [6, 6.07) is 11.3. The summed E-state index contributed by atoms with van der Waals surface area (Å²) in [6.45, 7) is 10.5. The molecule has 208 valence electrons. The van der Waals surface area contributed by atoms with Gasteiger partial charge >= 0.3 is 12.1 Å². The summed E-state index contributed by atoms with van der Waals surface area (Å²) >= 11 is 0. The molecule has 0 radical (unpaired) electrons. The number of furan rings is 1. The lowest BCUT2D eigenvalue weighted by Crippen LogP contribution is -2.72. The highest BCUT2D eigenvalue weighted by Gasteiger charge is 2.56. The maximum atomic E-state index is 14.0. The molecular weight excluding hydrogens is 498 g/mol. The number of pyridine rings is 1. The first kappa shape index (κ1) is 28.3. The van der Waals surface area contributed by atoms with Crippen LogP contribution in [0.3, 0.4) is 0 Å². The average molecular weight is 536 g/mol. The molecule has 0 bridgehead atoms. The molecule has 2 aromatic heterocycles. The Balaban J connectivity index is 1.72. The molecule has 0 spiro atoms. The van der Waals surface area contributed by atoms with Gasteiger partial charge in [0.25, 0.3) is 0 Å². The van der Waals surface area contributed by atoms with Crippen molar-refractivity contribution in [3.8, 4) is 11.3 Å². The van der Waals surface area contributed by atoms with E-state index >= 15 is 0 Å². The van der Waals surface area contributed by atoms with E-state index in [1.165, 1.54) is 0 Å². The van der Waals surface area contributed by atoms with Gasteiger partial charge in [0.2, 0.25) is 5.66 Å². The minimum atomic E-state index is -2.04. The van der Waals surface area contributed by atoms with Crippen LogP contribution in [-0.4, -0.2) is 51.1 Å². The molecule has 4 rings (SSSR count). The van der Waals surface area contributed by atoms with E-state index in [0.717, 1.165) is 21.5 Å². The van der Waals surface area contributed by atoms with E-state index in [0.29, 0.717) is 24.0 Å². The van der Waals surface area contributed by atoms with Crippen molar-refractivity contribution in [1.82, 2.24) is 9.88 Å². The maximum absolute atomic E-state index is 14.0. The van der Waals surface area contributed by atoms with E-state index in [9.17, 15) is 14.4 Å². The fourth-order valence-electron chi connectivity index (χ4n) is 4.90. The summed E-state index contributed by atoms with van der Waals surface area (Å²) in [5.74, 6) is -2.16. The lowest BCUT2D eigenvalue weighted by Gasteiger charge is -2.47. The van der Waals surface area contributed by atoms with Gasteiger partial charge in [-0.3, -0.25) is 20.4 Å². The topological polar surface area (TPSA) is 125 Å². The predicted octanol–water partition coefficient (Wildman–Crippen LogP) is 5.25. The van der Waals surface area contributed by atoms with E-state index in [-0.39, 0.29) is 18.7 Å². The Bertz CT molecular complexity index is 1370. The first-order valence-electron chi connectivity index (χ1n) is 13.2. The number of Topliss-reactive ketones (excluding diaryl/α,β-unsaturated/α-hetero) is 1. The standard InChI is InChI=1S/C30H37N3O6/c1-28(2,3)38-26(35)30(31)22(10-9-14-33(30)27(36)39-29(4,5)6)24(34)18-21-17-20(23-11-7-8-13-32-23)16-19-12-15-37-25(19)21/h7-8,11-13,15-17,22H,9-10,14,18,31H2,1-6H3. The summed E-state index contributed by atoms with van der Waals surface area (Å²) in [4.78, 5) is 46.5. The van der Waals surface area contributed by atoms with E-state index in [1.54, 1.807) is 54.0 Å². The van der Waals surface area contributed by atoms with Gasteiger partial charge in [-0.1, -0.05) is 6.07 Å². The Hall–Kier alpha value is -3.72. The molecule has 2 atom stereocenters. The minimum absolute atomic E-state index is 0.0563. The Morgan fingerprint density at radius 2 is 1.79 bits per heavy atom. The SMILES string of the molecule is CC(C)(C)OC(=O)N1CCCC(C(=O)Cc2cc(-c3ccccn3)cc3ccoc23)C1(N)C(=O)OC(C)(C)C. The number of hydrogen-bond donors (Lipinski definition) is 1. The number of esters is 1. The summed E-state index contributed by atoms with van der Waals surface area (Å²) in [7, 11) is 0. The summed E-state index contributed by atoms with van der Waals surface area (Å²) < 4.78 is 17.0. The Morgan fingerprint density at radius 1 is 1.08 bits per heavy atom. The smallest absolute Gasteiger partial charge is 0.412 e. The zero-order valence-corrected chi connectivity index (χ0v) is 23.4. The fourth-order valence-corrected chi connectivity index (χ4v) is 4.90. The van der Waals surface area contributed by atoms with Crippen molar-refractivity contribution in [2.75, 3.05) is 6.54 Å². The Labute approximate surface area is 228 Å². The number of benzene rings is 1. The van der Waals surface area contributed by atoms with Gasteiger partial charge in [0.15, 0.2) is 0 Å². The van der Waals surface area contributed by atoms with Crippen LogP contribution in [0.5, 0.6) is 0 Å². The Kier molecular flexibility index (Phi) is 7.58. The van der Waals surface area contributed by atoms with E-state index in [1.807, 2.05) is 36.4 Å². The number of amides is 1. The van der Waals surface area contributed by atoms with Gasteiger partial charge in [-0.15, -0.1) is 0 Å². The molecule has 1 amide bonds. The molecule has 3 heterocycles. The highest BCUT2D eigenvalue weighted by molar-refractivity contribution is 5.97. The molecule has 1 saturated heterocycles. The number of ketones is 1. The lowest BCUT2D eigenvalue weighted by molar-refractivity contribution is -0.178. The average Bonchev–Trinajstić information content (AvgIpc) is 3.31. The number of ether oxygens (including phenoxy) is 2. The number of likely N-dealkylation sites (tertiary alicyclic amines) is 1. The molecular formula is C30H37N3O6. The first-order chi connectivity index (χ1) is 18.2. The van der Waals surface area contributed by atoms with Crippen molar-refractivity contribution >= 4 is 28.8 Å². The van der Waals surface area contributed by atoms with Gasteiger partial charge in [0.1, 0.15) is 22.6 Å². The number of piperidine rings is 1. The third-order valence-electron chi connectivity index (χ3n) is 6.53. The number of carbonyl (C=O) groups is 3. The highest BCUT2D eigenvalue weighted by Crippen LogP contribution is 2.36. The first-order valence-corrected chi connectivity index (χ1v) is 13.2. The van der Waals surface area contributed by atoms with Crippen molar-refractivity contribution in [2.45, 2.75) is 77.7 Å². The molecule has 2 N–H and O–H groups in total. The molecule has 2 unspecified atom stereocenters. The number of hydrogen-bond acceptors (Lipinski definition) is 8. The van der Waals surface area contributed by atoms with Gasteiger partial charge in [0.05, 0.1) is 17.9 Å². The summed E-state index contributed by atoms with van der Waals surface area (Å²) in [6.07, 6.45) is 3.24. The number of nitrogens with two attached hydrogens (primary N) is 1. The van der Waals surface area contributed by atoms with Crippen LogP contribution >= 0.6 is 0 Å². The van der Waals surface area contributed by atoms with E-state index < -0.39 is 34.8 Å². The molecule has 0 aliphatic carbocycles.